The highest BCUT2D eigenvalue weighted by molar-refractivity contribution is 6.03. The highest BCUT2D eigenvalue weighted by Crippen LogP contribution is 2.34. The Morgan fingerprint density at radius 3 is 2.18 bits per heavy atom. The minimum absolute atomic E-state index is 0.0724. The van der Waals surface area contributed by atoms with Crippen LogP contribution in [0.25, 0.3) is 0 Å². The molecule has 0 spiro atoms. The number of urea groups is 1. The van der Waals surface area contributed by atoms with E-state index in [4.69, 9.17) is 4.74 Å². The molecule has 2 aliphatic heterocycles. The van der Waals surface area contributed by atoms with Crippen molar-refractivity contribution in [3.8, 4) is 0 Å². The van der Waals surface area contributed by atoms with Crippen LogP contribution in [-0.2, 0) is 9.53 Å². The molecule has 1 aromatic carbocycles. The molecule has 1 atom stereocenters. The predicted molar refractivity (Wildman–Crippen MR) is 130 cm³/mol. The van der Waals surface area contributed by atoms with Crippen LogP contribution in [0.2, 0.25) is 0 Å². The fraction of sp³-hybridized carbons (Fsp3) is 0.640. The van der Waals surface area contributed by atoms with E-state index in [9.17, 15) is 14.4 Å². The second-order valence-corrected chi connectivity index (χ2v) is 11.2. The summed E-state index contributed by atoms with van der Waals surface area (Å²) in [5.41, 5.74) is 0.887. The molecule has 182 valence electrons. The summed E-state index contributed by atoms with van der Waals surface area (Å²) < 4.78 is 5.45. The first-order valence-corrected chi connectivity index (χ1v) is 11.8. The Morgan fingerprint density at radius 1 is 0.970 bits per heavy atom. The Kier molecular flexibility index (Phi) is 7.24. The van der Waals surface area contributed by atoms with Gasteiger partial charge in [0.05, 0.1) is 11.4 Å². The molecule has 3 rings (SSSR count). The molecule has 33 heavy (non-hydrogen) atoms. The summed E-state index contributed by atoms with van der Waals surface area (Å²) in [6.45, 7) is 14.3. The van der Waals surface area contributed by atoms with Gasteiger partial charge in [0.1, 0.15) is 5.60 Å². The molecule has 1 N–H and O–H groups in total. The van der Waals surface area contributed by atoms with Crippen LogP contribution in [0.4, 0.5) is 21.0 Å². The lowest BCUT2D eigenvalue weighted by Crippen LogP contribution is -2.50. The van der Waals surface area contributed by atoms with Gasteiger partial charge in [0.2, 0.25) is 5.91 Å². The Bertz CT molecular complexity index is 887. The third-order valence-electron chi connectivity index (χ3n) is 5.72. The van der Waals surface area contributed by atoms with Crippen LogP contribution in [0.3, 0.4) is 0 Å². The summed E-state index contributed by atoms with van der Waals surface area (Å²) in [4.78, 5) is 43.4. The maximum absolute atomic E-state index is 13.0. The first-order chi connectivity index (χ1) is 15.3. The van der Waals surface area contributed by atoms with E-state index in [-0.39, 0.29) is 29.4 Å². The lowest BCUT2D eigenvalue weighted by atomic mass is 9.91. The molecule has 4 amide bonds. The number of carbonyl (C=O) groups is 3. The summed E-state index contributed by atoms with van der Waals surface area (Å²) in [7, 11) is 0. The van der Waals surface area contributed by atoms with Crippen molar-refractivity contribution < 1.29 is 19.1 Å². The average molecular weight is 459 g/mol. The van der Waals surface area contributed by atoms with Crippen molar-refractivity contribution in [1.29, 1.82) is 0 Å². The topological polar surface area (TPSA) is 82.2 Å². The van der Waals surface area contributed by atoms with Crippen molar-refractivity contribution in [2.24, 2.45) is 11.3 Å². The lowest BCUT2D eigenvalue weighted by molar-refractivity contribution is -0.120. The first kappa shape index (κ1) is 24.9. The first-order valence-electron chi connectivity index (χ1n) is 11.8. The second kappa shape index (κ2) is 9.61. The number of benzene rings is 1. The van der Waals surface area contributed by atoms with E-state index in [2.05, 4.69) is 5.32 Å². The van der Waals surface area contributed by atoms with Gasteiger partial charge in [-0.2, -0.15) is 0 Å². The number of fused-ring (bicyclic) bond motifs is 1. The van der Waals surface area contributed by atoms with Crippen molar-refractivity contribution in [2.45, 2.75) is 60.0 Å². The summed E-state index contributed by atoms with van der Waals surface area (Å²) in [5, 5.41) is 3.03. The molecule has 0 saturated carbocycles. The van der Waals surface area contributed by atoms with Gasteiger partial charge in [0.25, 0.3) is 0 Å². The van der Waals surface area contributed by atoms with E-state index in [1.165, 1.54) is 0 Å². The number of amides is 4. The third kappa shape index (κ3) is 6.62. The van der Waals surface area contributed by atoms with Gasteiger partial charge in [-0.25, -0.2) is 9.59 Å². The standard InChI is InChI=1S/C25H38N4O4/c1-24(2,3)15-21(30)28-13-14-29(20-10-8-7-9-19(20)28)22(31)26-16-18-11-12-27(17-18)23(32)33-25(4,5)6/h7-10,18H,11-17H2,1-6H3,(H,26,31)/t18-/m0/s1. The van der Waals surface area contributed by atoms with Gasteiger partial charge < -0.3 is 19.9 Å². The van der Waals surface area contributed by atoms with Crippen molar-refractivity contribution in [1.82, 2.24) is 10.2 Å². The molecule has 0 aromatic heterocycles. The number of anilines is 2. The largest absolute Gasteiger partial charge is 0.444 e. The molecule has 1 aromatic rings. The van der Waals surface area contributed by atoms with Crippen molar-refractivity contribution in [3.63, 3.8) is 0 Å². The maximum Gasteiger partial charge on any atom is 0.410 e. The Balaban J connectivity index is 1.59. The second-order valence-electron chi connectivity index (χ2n) is 11.2. The fourth-order valence-electron chi connectivity index (χ4n) is 4.20. The summed E-state index contributed by atoms with van der Waals surface area (Å²) in [5.74, 6) is 0.259. The molecule has 1 fully saturated rings. The number of para-hydroxylation sites is 2. The van der Waals surface area contributed by atoms with E-state index in [0.717, 1.165) is 17.8 Å². The normalized spacial score (nSPS) is 18.7. The van der Waals surface area contributed by atoms with Gasteiger partial charge in [0.15, 0.2) is 0 Å². The number of hydrogen-bond acceptors (Lipinski definition) is 4. The number of nitrogens with one attached hydrogen (secondary N) is 1. The van der Waals surface area contributed by atoms with Crippen LogP contribution in [0.15, 0.2) is 24.3 Å². The molecule has 0 radical (unpaired) electrons. The van der Waals surface area contributed by atoms with Gasteiger partial charge in [-0.1, -0.05) is 32.9 Å². The SMILES string of the molecule is CC(C)(C)CC(=O)N1CCN(C(=O)NC[C@@H]2CCN(C(=O)OC(C)(C)C)C2)c2ccccc21. The Hall–Kier alpha value is -2.77. The number of likely N-dealkylation sites (tertiary alicyclic amines) is 1. The fourth-order valence-corrected chi connectivity index (χ4v) is 4.20. The van der Waals surface area contributed by atoms with Crippen molar-refractivity contribution in [3.05, 3.63) is 24.3 Å². The molecule has 0 bridgehead atoms. The van der Waals surface area contributed by atoms with Crippen molar-refractivity contribution >= 4 is 29.4 Å². The monoisotopic (exact) mass is 458 g/mol. The van der Waals surface area contributed by atoms with Crippen LogP contribution in [0, 0.1) is 11.3 Å². The number of rotatable bonds is 3. The lowest BCUT2D eigenvalue weighted by Gasteiger charge is -2.37. The molecular formula is C25H38N4O4. The Morgan fingerprint density at radius 2 is 1.58 bits per heavy atom. The smallest absolute Gasteiger partial charge is 0.410 e. The number of nitrogens with zero attached hydrogens (tertiary/aromatic N) is 3. The zero-order valence-corrected chi connectivity index (χ0v) is 20.8. The van der Waals surface area contributed by atoms with E-state index in [1.54, 1.807) is 14.7 Å². The van der Waals surface area contributed by atoms with Gasteiger partial charge in [-0.3, -0.25) is 9.69 Å². The molecule has 0 aliphatic carbocycles. The van der Waals surface area contributed by atoms with Gasteiger partial charge >= 0.3 is 12.1 Å². The minimum atomic E-state index is -0.521. The highest BCUT2D eigenvalue weighted by atomic mass is 16.6. The highest BCUT2D eigenvalue weighted by Gasteiger charge is 2.33. The molecular weight excluding hydrogens is 420 g/mol. The summed E-state index contributed by atoms with van der Waals surface area (Å²) >= 11 is 0. The van der Waals surface area contributed by atoms with E-state index >= 15 is 0 Å². The summed E-state index contributed by atoms with van der Waals surface area (Å²) in [6, 6.07) is 7.37. The molecule has 2 aliphatic rings. The predicted octanol–water partition coefficient (Wildman–Crippen LogP) is 4.24. The minimum Gasteiger partial charge on any atom is -0.444 e. The quantitative estimate of drug-likeness (QED) is 0.734. The third-order valence-corrected chi connectivity index (χ3v) is 5.72. The van der Waals surface area contributed by atoms with Gasteiger partial charge in [0, 0.05) is 39.1 Å². The maximum atomic E-state index is 13.0. The van der Waals surface area contributed by atoms with E-state index < -0.39 is 5.60 Å². The molecule has 2 heterocycles. The van der Waals surface area contributed by atoms with E-state index in [0.29, 0.717) is 39.1 Å². The van der Waals surface area contributed by atoms with Crippen LogP contribution in [0.5, 0.6) is 0 Å². The number of ether oxygens (including phenoxy) is 1. The number of carbonyl (C=O) groups excluding carboxylic acids is 3. The average Bonchev–Trinajstić information content (AvgIpc) is 3.18. The van der Waals surface area contributed by atoms with Gasteiger partial charge in [-0.05, 0) is 50.7 Å². The zero-order chi connectivity index (χ0) is 24.4. The molecule has 8 heteroatoms. The zero-order valence-electron chi connectivity index (χ0n) is 20.8. The number of hydrogen-bond donors (Lipinski definition) is 1. The van der Waals surface area contributed by atoms with Crippen molar-refractivity contribution in [2.75, 3.05) is 42.5 Å². The molecule has 8 nitrogen and oxygen atoms in total. The van der Waals surface area contributed by atoms with E-state index in [1.807, 2.05) is 65.8 Å². The molecule has 1 saturated heterocycles. The van der Waals surface area contributed by atoms with Crippen LogP contribution < -0.4 is 15.1 Å². The van der Waals surface area contributed by atoms with Crippen LogP contribution >= 0.6 is 0 Å². The summed E-state index contributed by atoms with van der Waals surface area (Å²) in [6.07, 6.45) is 0.968. The van der Waals surface area contributed by atoms with Crippen LogP contribution in [-0.4, -0.2) is 61.3 Å². The van der Waals surface area contributed by atoms with Crippen LogP contribution in [0.1, 0.15) is 54.4 Å². The van der Waals surface area contributed by atoms with Gasteiger partial charge in [-0.15, -0.1) is 0 Å². The molecule has 0 unspecified atom stereocenters. The Labute approximate surface area is 197 Å².